The Morgan fingerprint density at radius 2 is 1.06 bits per heavy atom. The Labute approximate surface area is 203 Å². The van der Waals surface area contributed by atoms with Gasteiger partial charge in [0.05, 0.1) is 11.1 Å². The molecule has 34 heavy (non-hydrogen) atoms. The molecule has 4 N–H and O–H groups in total. The van der Waals surface area contributed by atoms with E-state index in [0.717, 1.165) is 49.9 Å². The van der Waals surface area contributed by atoms with E-state index in [-0.39, 0.29) is 33.7 Å². The first kappa shape index (κ1) is 26.0. The molecule has 4 nitrogen and oxygen atoms in total. The Bertz CT molecular complexity index is 943. The van der Waals surface area contributed by atoms with Crippen LogP contribution in [0.25, 0.3) is 0 Å². The summed E-state index contributed by atoms with van der Waals surface area (Å²) in [5, 5.41) is 12.1. The van der Waals surface area contributed by atoms with Crippen LogP contribution in [0.4, 0.5) is 37.7 Å². The number of benzene rings is 2. The molecule has 2 unspecified atom stereocenters. The largest absolute Gasteiger partial charge is 0.416 e. The zero-order valence-corrected chi connectivity index (χ0v) is 19.3. The van der Waals surface area contributed by atoms with Gasteiger partial charge in [-0.2, -0.15) is 26.3 Å². The Morgan fingerprint density at radius 1 is 0.676 bits per heavy atom. The van der Waals surface area contributed by atoms with Gasteiger partial charge in [-0.05, 0) is 73.7 Å². The molecule has 3 rings (SSSR count). The van der Waals surface area contributed by atoms with E-state index in [1.807, 2.05) is 0 Å². The molecule has 2 aromatic rings. The molecule has 0 bridgehead atoms. The van der Waals surface area contributed by atoms with Crippen molar-refractivity contribution in [2.75, 3.05) is 10.6 Å². The van der Waals surface area contributed by atoms with Crippen molar-refractivity contribution in [2.45, 2.75) is 50.1 Å². The van der Waals surface area contributed by atoms with Gasteiger partial charge < -0.3 is 21.3 Å². The van der Waals surface area contributed by atoms with Crippen LogP contribution in [0.2, 0.25) is 0 Å². The number of hydrogen-bond acceptors (Lipinski definition) is 2. The van der Waals surface area contributed by atoms with E-state index in [2.05, 4.69) is 21.3 Å². The van der Waals surface area contributed by atoms with E-state index < -0.39 is 23.5 Å². The van der Waals surface area contributed by atoms with E-state index in [4.69, 9.17) is 24.4 Å². The van der Waals surface area contributed by atoms with Crippen molar-refractivity contribution in [1.29, 1.82) is 0 Å². The minimum absolute atomic E-state index is 0.162. The maximum Gasteiger partial charge on any atom is 0.416 e. The van der Waals surface area contributed by atoms with Crippen LogP contribution in [0.3, 0.4) is 0 Å². The van der Waals surface area contributed by atoms with Gasteiger partial charge in [0.25, 0.3) is 0 Å². The summed E-state index contributed by atoms with van der Waals surface area (Å²) in [5.74, 6) is 0. The zero-order chi connectivity index (χ0) is 24.9. The van der Waals surface area contributed by atoms with Crippen LogP contribution in [0, 0.1) is 0 Å². The van der Waals surface area contributed by atoms with Crippen molar-refractivity contribution < 1.29 is 26.3 Å². The van der Waals surface area contributed by atoms with Gasteiger partial charge in [0, 0.05) is 23.5 Å². The Hall–Kier alpha value is -2.60. The molecular weight excluding hydrogens is 498 g/mol. The lowest BCUT2D eigenvalue weighted by Crippen LogP contribution is -2.54. The van der Waals surface area contributed by atoms with E-state index in [1.165, 1.54) is 24.3 Å². The molecule has 1 fully saturated rings. The predicted octanol–water partition coefficient (Wildman–Crippen LogP) is 6.31. The van der Waals surface area contributed by atoms with Crippen molar-refractivity contribution in [2.24, 2.45) is 0 Å². The van der Waals surface area contributed by atoms with Gasteiger partial charge in [0.2, 0.25) is 0 Å². The van der Waals surface area contributed by atoms with Gasteiger partial charge in [-0.25, -0.2) is 0 Å². The second-order valence-electron chi connectivity index (χ2n) is 7.85. The number of rotatable bonds is 4. The predicted molar refractivity (Wildman–Crippen MR) is 128 cm³/mol. The zero-order valence-electron chi connectivity index (χ0n) is 17.7. The third-order valence-corrected chi connectivity index (χ3v) is 5.73. The van der Waals surface area contributed by atoms with Crippen LogP contribution in [0.1, 0.15) is 36.8 Å². The molecular formula is C22H22F6N4S2. The Kier molecular flexibility index (Phi) is 8.24. The van der Waals surface area contributed by atoms with Gasteiger partial charge in [0.1, 0.15) is 0 Å². The van der Waals surface area contributed by atoms with Crippen LogP contribution in [0.5, 0.6) is 0 Å². The number of alkyl halides is 6. The summed E-state index contributed by atoms with van der Waals surface area (Å²) in [6.07, 6.45) is -5.64. The number of hydrogen-bond donors (Lipinski definition) is 4. The van der Waals surface area contributed by atoms with Crippen molar-refractivity contribution >= 4 is 46.0 Å². The molecule has 0 radical (unpaired) electrons. The highest BCUT2D eigenvalue weighted by Crippen LogP contribution is 2.31. The molecule has 0 heterocycles. The van der Waals surface area contributed by atoms with Gasteiger partial charge in [-0.3, -0.25) is 0 Å². The molecule has 0 aliphatic heterocycles. The molecule has 1 aliphatic carbocycles. The third kappa shape index (κ3) is 7.45. The van der Waals surface area contributed by atoms with Crippen LogP contribution >= 0.6 is 24.4 Å². The molecule has 184 valence electrons. The maximum absolute atomic E-state index is 12.9. The normalized spacial score (nSPS) is 18.6. The lowest BCUT2D eigenvalue weighted by atomic mass is 9.90. The van der Waals surface area contributed by atoms with Gasteiger partial charge >= 0.3 is 12.4 Å². The summed E-state index contributed by atoms with van der Waals surface area (Å²) >= 11 is 10.6. The molecule has 2 aromatic carbocycles. The van der Waals surface area contributed by atoms with Crippen molar-refractivity contribution in [1.82, 2.24) is 10.6 Å². The van der Waals surface area contributed by atoms with Gasteiger partial charge in [0.15, 0.2) is 10.2 Å². The van der Waals surface area contributed by atoms with Crippen LogP contribution in [-0.4, -0.2) is 22.3 Å². The van der Waals surface area contributed by atoms with Crippen LogP contribution in [-0.2, 0) is 12.4 Å². The van der Waals surface area contributed by atoms with E-state index in [1.54, 1.807) is 0 Å². The smallest absolute Gasteiger partial charge is 0.358 e. The summed E-state index contributed by atoms with van der Waals surface area (Å²) in [4.78, 5) is 0. The fourth-order valence-electron chi connectivity index (χ4n) is 3.69. The van der Waals surface area contributed by atoms with Crippen LogP contribution < -0.4 is 21.3 Å². The number of nitrogens with one attached hydrogen (secondary N) is 4. The first-order valence-corrected chi connectivity index (χ1v) is 11.2. The monoisotopic (exact) mass is 520 g/mol. The first-order valence-electron chi connectivity index (χ1n) is 10.4. The summed E-state index contributed by atoms with van der Waals surface area (Å²) < 4.78 is 77.6. The van der Waals surface area contributed by atoms with Crippen molar-refractivity contribution in [3.63, 3.8) is 0 Å². The highest BCUT2D eigenvalue weighted by atomic mass is 32.1. The van der Waals surface area contributed by atoms with Crippen molar-refractivity contribution in [3.8, 4) is 0 Å². The fourth-order valence-corrected chi connectivity index (χ4v) is 4.23. The topological polar surface area (TPSA) is 48.1 Å². The summed E-state index contributed by atoms with van der Waals surface area (Å²) in [7, 11) is 0. The van der Waals surface area contributed by atoms with E-state index >= 15 is 0 Å². The van der Waals surface area contributed by atoms with Crippen molar-refractivity contribution in [3.05, 3.63) is 59.7 Å². The van der Waals surface area contributed by atoms with Gasteiger partial charge in [-0.1, -0.05) is 25.0 Å². The van der Waals surface area contributed by atoms with Crippen LogP contribution in [0.15, 0.2) is 48.5 Å². The Morgan fingerprint density at radius 3 is 1.41 bits per heavy atom. The molecule has 0 aromatic heterocycles. The second-order valence-corrected chi connectivity index (χ2v) is 8.67. The highest BCUT2D eigenvalue weighted by Gasteiger charge is 2.32. The molecule has 0 saturated heterocycles. The molecule has 2 atom stereocenters. The molecule has 1 aliphatic rings. The standard InChI is InChI=1S/C22H22F6N4S2/c23-21(24,25)13-5-3-7-15(11-13)29-19(33)31-17-9-1-2-10-18(17)32-20(34)30-16-8-4-6-14(12-16)22(26,27)28/h3-8,11-12,17-18H,1-2,9-10H2,(H2,29,31,33)(H2,30,32,34). The fraction of sp³-hybridized carbons (Fsp3) is 0.364. The number of thiocarbonyl (C=S) groups is 2. The lowest BCUT2D eigenvalue weighted by molar-refractivity contribution is -0.138. The molecule has 12 heteroatoms. The Balaban J connectivity index is 1.59. The number of halogens is 6. The molecule has 1 saturated carbocycles. The average molecular weight is 521 g/mol. The summed E-state index contributed by atoms with van der Waals surface area (Å²) in [6, 6.07) is 9.07. The van der Waals surface area contributed by atoms with E-state index in [0.29, 0.717) is 0 Å². The summed E-state index contributed by atoms with van der Waals surface area (Å²) in [6.45, 7) is 0. The third-order valence-electron chi connectivity index (χ3n) is 5.29. The quantitative estimate of drug-likeness (QED) is 0.280. The maximum atomic E-state index is 12.9. The van der Waals surface area contributed by atoms with Gasteiger partial charge in [-0.15, -0.1) is 0 Å². The molecule has 0 spiro atoms. The SMILES string of the molecule is FC(F)(F)c1cccc(NC(=S)NC2CCCCC2NC(=S)Nc2cccc(C(F)(F)F)c2)c1. The summed E-state index contributed by atoms with van der Waals surface area (Å²) in [5.41, 5.74) is -1.17. The highest BCUT2D eigenvalue weighted by molar-refractivity contribution is 7.80. The first-order chi connectivity index (χ1) is 15.9. The number of anilines is 2. The van der Waals surface area contributed by atoms with E-state index in [9.17, 15) is 26.3 Å². The second kappa shape index (κ2) is 10.8. The lowest BCUT2D eigenvalue weighted by Gasteiger charge is -2.34. The molecule has 0 amide bonds. The minimum Gasteiger partial charge on any atom is -0.358 e. The minimum atomic E-state index is -4.46. The average Bonchev–Trinajstić information content (AvgIpc) is 2.74.